The largest absolute Gasteiger partial charge is 0.378 e. The van der Waals surface area contributed by atoms with Gasteiger partial charge in [0.25, 0.3) is 0 Å². The molecule has 2 N–H and O–H groups in total. The van der Waals surface area contributed by atoms with Gasteiger partial charge in [-0.3, -0.25) is 4.79 Å². The van der Waals surface area contributed by atoms with Crippen molar-refractivity contribution < 1.29 is 9.53 Å². The lowest BCUT2D eigenvalue weighted by Crippen LogP contribution is -2.41. The van der Waals surface area contributed by atoms with Gasteiger partial charge in [0.2, 0.25) is 5.91 Å². The maximum Gasteiger partial charge on any atom is 0.222 e. The molecule has 1 aliphatic heterocycles. The van der Waals surface area contributed by atoms with Crippen molar-refractivity contribution in [3.8, 4) is 0 Å². The molecule has 4 nitrogen and oxygen atoms in total. The van der Waals surface area contributed by atoms with E-state index in [4.69, 9.17) is 10.5 Å². The van der Waals surface area contributed by atoms with Crippen LogP contribution in [-0.4, -0.2) is 43.2 Å². The Bertz CT molecular complexity index is 257. The van der Waals surface area contributed by atoms with Gasteiger partial charge in [0.05, 0.1) is 6.10 Å². The third kappa shape index (κ3) is 6.23. The van der Waals surface area contributed by atoms with Crippen LogP contribution in [0.25, 0.3) is 0 Å². The number of nitrogens with zero attached hydrogens (tertiary/aromatic N) is 1. The minimum atomic E-state index is 0.318. The van der Waals surface area contributed by atoms with Crippen LogP contribution in [0.4, 0.5) is 0 Å². The molecule has 1 heterocycles. The number of hydrogen-bond donors (Lipinski definition) is 1. The molecule has 1 aliphatic rings. The van der Waals surface area contributed by atoms with Crippen LogP contribution in [0.15, 0.2) is 0 Å². The molecule has 0 aromatic heterocycles. The van der Waals surface area contributed by atoms with Gasteiger partial charge in [0.1, 0.15) is 0 Å². The molecular weight excluding hydrogens is 252 g/mol. The summed E-state index contributed by atoms with van der Waals surface area (Å²) in [7, 11) is 0. The summed E-state index contributed by atoms with van der Waals surface area (Å²) in [6, 6.07) is 0. The Morgan fingerprint density at radius 2 is 1.95 bits per heavy atom. The number of piperidine rings is 1. The molecule has 118 valence electrons. The van der Waals surface area contributed by atoms with Gasteiger partial charge in [-0.05, 0) is 45.1 Å². The lowest BCUT2D eigenvalue weighted by molar-refractivity contribution is -0.134. The normalized spacial score (nSPS) is 18.2. The van der Waals surface area contributed by atoms with Crippen LogP contribution in [-0.2, 0) is 9.53 Å². The van der Waals surface area contributed by atoms with Crippen LogP contribution in [0.5, 0.6) is 0 Å². The molecule has 0 bridgehead atoms. The first-order valence-electron chi connectivity index (χ1n) is 8.30. The van der Waals surface area contributed by atoms with E-state index in [1.165, 1.54) is 12.8 Å². The predicted octanol–water partition coefficient (Wildman–Crippen LogP) is 2.56. The second-order valence-electron chi connectivity index (χ2n) is 5.81. The van der Waals surface area contributed by atoms with Crippen molar-refractivity contribution in [2.75, 3.05) is 26.2 Å². The van der Waals surface area contributed by atoms with Crippen LogP contribution < -0.4 is 5.73 Å². The zero-order chi connectivity index (χ0) is 14.8. The van der Waals surface area contributed by atoms with E-state index in [0.717, 1.165) is 51.9 Å². The Balaban J connectivity index is 2.25. The van der Waals surface area contributed by atoms with Gasteiger partial charge in [-0.25, -0.2) is 0 Å². The van der Waals surface area contributed by atoms with E-state index < -0.39 is 0 Å². The highest BCUT2D eigenvalue weighted by Crippen LogP contribution is 2.19. The minimum absolute atomic E-state index is 0.318. The van der Waals surface area contributed by atoms with Gasteiger partial charge in [-0.15, -0.1) is 0 Å². The first-order chi connectivity index (χ1) is 9.71. The summed E-state index contributed by atoms with van der Waals surface area (Å²) in [5, 5.41) is 0. The number of carbonyl (C=O) groups excluding carboxylic acids is 1. The van der Waals surface area contributed by atoms with Crippen LogP contribution >= 0.6 is 0 Å². The maximum absolute atomic E-state index is 12.2. The fourth-order valence-corrected chi connectivity index (χ4v) is 3.07. The molecule has 1 unspecified atom stereocenters. The zero-order valence-electron chi connectivity index (χ0n) is 13.3. The number of likely N-dealkylation sites (tertiary alicyclic amines) is 1. The number of rotatable bonds is 9. The highest BCUT2D eigenvalue weighted by molar-refractivity contribution is 5.76. The fraction of sp³-hybridized carbons (Fsp3) is 0.938. The van der Waals surface area contributed by atoms with Crippen molar-refractivity contribution in [1.29, 1.82) is 0 Å². The van der Waals surface area contributed by atoms with Crippen molar-refractivity contribution in [2.45, 2.75) is 64.9 Å². The first kappa shape index (κ1) is 17.4. The van der Waals surface area contributed by atoms with Gasteiger partial charge in [-0.2, -0.15) is 0 Å². The summed E-state index contributed by atoms with van der Waals surface area (Å²) in [5.41, 5.74) is 5.64. The van der Waals surface area contributed by atoms with Crippen molar-refractivity contribution in [2.24, 2.45) is 11.7 Å². The van der Waals surface area contributed by atoms with Gasteiger partial charge in [-0.1, -0.05) is 19.8 Å². The van der Waals surface area contributed by atoms with Gasteiger partial charge < -0.3 is 15.4 Å². The maximum atomic E-state index is 12.2. The van der Waals surface area contributed by atoms with Crippen molar-refractivity contribution in [1.82, 2.24) is 4.90 Å². The SMILES string of the molecule is CCCC(CCN)CCC(=O)N1CCC(OCC)CC1. The standard InChI is InChI=1S/C16H32N2O2/c1-3-5-14(8-11-17)6-7-16(19)18-12-9-15(10-13-18)20-4-2/h14-15H,3-13,17H2,1-2H3. The molecule has 0 radical (unpaired) electrons. The molecule has 1 saturated heterocycles. The van der Waals surface area contributed by atoms with E-state index in [0.29, 0.717) is 24.3 Å². The Hall–Kier alpha value is -0.610. The van der Waals surface area contributed by atoms with Crippen LogP contribution in [0.3, 0.4) is 0 Å². The molecule has 20 heavy (non-hydrogen) atoms. The number of ether oxygens (including phenoxy) is 1. The highest BCUT2D eigenvalue weighted by Gasteiger charge is 2.23. The lowest BCUT2D eigenvalue weighted by atomic mass is 9.94. The van der Waals surface area contributed by atoms with E-state index in [-0.39, 0.29) is 0 Å². The third-order valence-electron chi connectivity index (χ3n) is 4.24. The molecule has 1 rings (SSSR count). The van der Waals surface area contributed by atoms with Crippen molar-refractivity contribution in [3.63, 3.8) is 0 Å². The van der Waals surface area contributed by atoms with Crippen LogP contribution in [0.2, 0.25) is 0 Å². The molecular formula is C16H32N2O2. The van der Waals surface area contributed by atoms with E-state index in [1.54, 1.807) is 0 Å². The van der Waals surface area contributed by atoms with Gasteiger partial charge >= 0.3 is 0 Å². The topological polar surface area (TPSA) is 55.6 Å². The third-order valence-corrected chi connectivity index (χ3v) is 4.24. The first-order valence-corrected chi connectivity index (χ1v) is 8.30. The average Bonchev–Trinajstić information content (AvgIpc) is 2.46. The average molecular weight is 284 g/mol. The smallest absolute Gasteiger partial charge is 0.222 e. The van der Waals surface area contributed by atoms with E-state index in [1.807, 2.05) is 11.8 Å². The summed E-state index contributed by atoms with van der Waals surface area (Å²) in [5.74, 6) is 0.938. The minimum Gasteiger partial charge on any atom is -0.378 e. The molecule has 1 amide bonds. The molecule has 0 aromatic carbocycles. The van der Waals surface area contributed by atoms with Crippen molar-refractivity contribution >= 4 is 5.91 Å². The zero-order valence-corrected chi connectivity index (χ0v) is 13.3. The summed E-state index contributed by atoms with van der Waals surface area (Å²) in [4.78, 5) is 14.2. The van der Waals surface area contributed by atoms with Crippen molar-refractivity contribution in [3.05, 3.63) is 0 Å². The summed E-state index contributed by atoms with van der Waals surface area (Å²) in [6.45, 7) is 7.46. The van der Waals surface area contributed by atoms with E-state index in [2.05, 4.69) is 6.92 Å². The Kier molecular flexibility index (Phi) is 8.86. The van der Waals surface area contributed by atoms with E-state index >= 15 is 0 Å². The molecule has 0 spiro atoms. The second kappa shape index (κ2) is 10.2. The van der Waals surface area contributed by atoms with Gasteiger partial charge in [0.15, 0.2) is 0 Å². The fourth-order valence-electron chi connectivity index (χ4n) is 3.07. The monoisotopic (exact) mass is 284 g/mol. The number of hydrogen-bond acceptors (Lipinski definition) is 3. The summed E-state index contributed by atoms with van der Waals surface area (Å²) >= 11 is 0. The lowest BCUT2D eigenvalue weighted by Gasteiger charge is -2.32. The van der Waals surface area contributed by atoms with Crippen LogP contribution in [0, 0.1) is 5.92 Å². The Morgan fingerprint density at radius 1 is 1.25 bits per heavy atom. The molecule has 4 heteroatoms. The second-order valence-corrected chi connectivity index (χ2v) is 5.81. The highest BCUT2D eigenvalue weighted by atomic mass is 16.5. The van der Waals surface area contributed by atoms with Crippen LogP contribution in [0.1, 0.15) is 58.8 Å². The predicted molar refractivity (Wildman–Crippen MR) is 82.5 cm³/mol. The Morgan fingerprint density at radius 3 is 2.50 bits per heavy atom. The summed E-state index contributed by atoms with van der Waals surface area (Å²) in [6.07, 6.45) is 7.43. The van der Waals surface area contributed by atoms with E-state index in [9.17, 15) is 4.79 Å². The molecule has 0 aliphatic carbocycles. The quantitative estimate of drug-likeness (QED) is 0.708. The molecule has 1 fully saturated rings. The number of nitrogens with two attached hydrogens (primary N) is 1. The van der Waals surface area contributed by atoms with Gasteiger partial charge in [0, 0.05) is 26.1 Å². The number of amides is 1. The Labute approximate surface area is 124 Å². The number of carbonyl (C=O) groups is 1. The molecule has 1 atom stereocenters. The molecule has 0 saturated carbocycles. The molecule has 0 aromatic rings. The summed E-state index contributed by atoms with van der Waals surface area (Å²) < 4.78 is 5.62.